The van der Waals surface area contributed by atoms with Gasteiger partial charge in [-0.2, -0.15) is 0 Å². The van der Waals surface area contributed by atoms with Gasteiger partial charge in [0.05, 0.1) is 5.92 Å². The second-order valence-corrected chi connectivity index (χ2v) is 12.9. The van der Waals surface area contributed by atoms with Crippen molar-refractivity contribution in [1.29, 1.82) is 0 Å². The molecule has 0 aliphatic carbocycles. The largest absolute Gasteiger partial charge is 0.365 e. The molecule has 2 atom stereocenters. The number of β-lactam (4-membered cyclic amide) rings is 1. The number of carbonyl (C=O) groups excluding carboxylic acids is 1. The van der Waals surface area contributed by atoms with E-state index in [9.17, 15) is 4.79 Å². The third-order valence-corrected chi connectivity index (χ3v) is 10.9. The fourth-order valence-electron chi connectivity index (χ4n) is 3.19. The van der Waals surface area contributed by atoms with E-state index in [4.69, 9.17) is 0 Å². The van der Waals surface area contributed by atoms with E-state index in [-0.39, 0.29) is 11.0 Å². The predicted octanol–water partition coefficient (Wildman–Crippen LogP) is 4.47. The highest BCUT2D eigenvalue weighted by atomic mass is 28.3. The molecule has 1 heterocycles. The van der Waals surface area contributed by atoms with Gasteiger partial charge in [0.2, 0.25) is 5.91 Å². The van der Waals surface area contributed by atoms with E-state index >= 15 is 0 Å². The van der Waals surface area contributed by atoms with Gasteiger partial charge in [-0.3, -0.25) is 4.79 Å². The third kappa shape index (κ3) is 2.80. The highest BCUT2D eigenvalue weighted by Crippen LogP contribution is 2.46. The maximum atomic E-state index is 12.6. The van der Waals surface area contributed by atoms with Gasteiger partial charge in [0, 0.05) is 6.04 Å². The van der Waals surface area contributed by atoms with Gasteiger partial charge in [-0.1, -0.05) is 71.1 Å². The summed E-state index contributed by atoms with van der Waals surface area (Å²) in [6.45, 7) is 13.7. The highest BCUT2D eigenvalue weighted by Gasteiger charge is 2.56. The van der Waals surface area contributed by atoms with Crippen LogP contribution >= 0.6 is 0 Å². The molecule has 1 aliphatic heterocycles. The Bertz CT molecular complexity index is 504. The molecular weight excluding hydrogens is 274 g/mol. The zero-order valence-electron chi connectivity index (χ0n) is 14.3. The molecule has 2 rings (SSSR count). The average Bonchev–Trinajstić information content (AvgIpc) is 2.38. The van der Waals surface area contributed by atoms with Crippen molar-refractivity contribution < 1.29 is 4.79 Å². The predicted molar refractivity (Wildman–Crippen MR) is 91.8 cm³/mol. The molecule has 116 valence electrons. The first-order chi connectivity index (χ1) is 9.70. The molecule has 1 fully saturated rings. The molecule has 1 amide bonds. The number of carbonyl (C=O) groups is 1. The van der Waals surface area contributed by atoms with Gasteiger partial charge in [-0.15, -0.1) is 0 Å². The van der Waals surface area contributed by atoms with Crippen molar-refractivity contribution in [2.45, 2.75) is 64.7 Å². The Labute approximate surface area is 130 Å². The molecule has 1 aromatic rings. The van der Waals surface area contributed by atoms with Crippen LogP contribution in [0.5, 0.6) is 0 Å². The summed E-state index contributed by atoms with van der Waals surface area (Å²) in [4.78, 5) is 12.6. The maximum Gasteiger partial charge on any atom is 0.220 e. The summed E-state index contributed by atoms with van der Waals surface area (Å²) >= 11 is 0. The van der Waals surface area contributed by atoms with Crippen molar-refractivity contribution in [1.82, 2.24) is 4.57 Å². The van der Waals surface area contributed by atoms with Crippen molar-refractivity contribution in [3.05, 3.63) is 35.9 Å². The Hall–Kier alpha value is -1.09. The third-order valence-electron chi connectivity index (χ3n) is 5.52. The molecule has 3 heteroatoms. The first-order valence-corrected chi connectivity index (χ1v) is 11.0. The molecule has 1 saturated heterocycles. The Kier molecular flexibility index (Phi) is 4.34. The van der Waals surface area contributed by atoms with Gasteiger partial charge in [-0.05, 0) is 23.4 Å². The highest BCUT2D eigenvalue weighted by molar-refractivity contribution is 6.80. The van der Waals surface area contributed by atoms with Gasteiger partial charge in [0.15, 0.2) is 8.24 Å². The Morgan fingerprint density at radius 1 is 1.14 bits per heavy atom. The molecule has 0 unspecified atom stereocenters. The summed E-state index contributed by atoms with van der Waals surface area (Å²) in [6, 6.07) is 11.0. The number of nitrogens with zero attached hydrogens (tertiary/aromatic N) is 1. The van der Waals surface area contributed by atoms with Crippen LogP contribution < -0.4 is 0 Å². The molecule has 0 aromatic heterocycles. The number of hydrogen-bond acceptors (Lipinski definition) is 1. The Balaban J connectivity index is 2.26. The molecule has 21 heavy (non-hydrogen) atoms. The Morgan fingerprint density at radius 3 is 2.19 bits per heavy atom. The summed E-state index contributed by atoms with van der Waals surface area (Å²) in [6.07, 6.45) is 1.96. The van der Waals surface area contributed by atoms with Crippen LogP contribution in [0.25, 0.3) is 0 Å². The summed E-state index contributed by atoms with van der Waals surface area (Å²) in [5.74, 6) is 0.615. The topological polar surface area (TPSA) is 20.3 Å². The van der Waals surface area contributed by atoms with Crippen LogP contribution in [0.1, 0.15) is 39.7 Å². The van der Waals surface area contributed by atoms with Crippen molar-refractivity contribution in [3.63, 3.8) is 0 Å². The number of amides is 1. The fraction of sp³-hybridized carbons (Fsp3) is 0.611. The van der Waals surface area contributed by atoms with Crippen LogP contribution in [-0.2, 0) is 11.2 Å². The molecule has 1 aromatic carbocycles. The lowest BCUT2D eigenvalue weighted by atomic mass is 9.84. The van der Waals surface area contributed by atoms with Gasteiger partial charge in [0.25, 0.3) is 0 Å². The van der Waals surface area contributed by atoms with E-state index in [1.54, 1.807) is 0 Å². The van der Waals surface area contributed by atoms with Gasteiger partial charge >= 0.3 is 0 Å². The van der Waals surface area contributed by atoms with Crippen LogP contribution in [-0.4, -0.2) is 24.7 Å². The minimum absolute atomic E-state index is 0.205. The van der Waals surface area contributed by atoms with Crippen LogP contribution in [0.2, 0.25) is 18.1 Å². The standard InChI is InChI=1S/C18H29NOSi/c1-7-15-16(13-14-11-9-8-10-12-14)19(17(15)20)21(5,6)18(2,3)4/h8-12,15-16H,7,13H2,1-6H3/t15-,16-/m0/s1. The van der Waals surface area contributed by atoms with E-state index in [1.165, 1.54) is 5.56 Å². The molecule has 0 bridgehead atoms. The molecule has 0 saturated carbocycles. The molecular formula is C18H29NOSi. The SMILES string of the molecule is CC[C@@H]1C(=O)N([Si](C)(C)C(C)(C)C)[C@H]1Cc1ccccc1. The zero-order chi connectivity index (χ0) is 15.8. The molecule has 0 radical (unpaired) electrons. The number of hydrogen-bond donors (Lipinski definition) is 0. The number of rotatable bonds is 4. The monoisotopic (exact) mass is 303 g/mol. The average molecular weight is 304 g/mol. The van der Waals surface area contributed by atoms with Crippen LogP contribution in [0, 0.1) is 5.92 Å². The lowest BCUT2D eigenvalue weighted by Crippen LogP contribution is -2.73. The lowest BCUT2D eigenvalue weighted by molar-refractivity contribution is -0.148. The Morgan fingerprint density at radius 2 is 1.71 bits per heavy atom. The maximum absolute atomic E-state index is 12.6. The quantitative estimate of drug-likeness (QED) is 0.593. The van der Waals surface area contributed by atoms with Crippen molar-refractivity contribution in [2.75, 3.05) is 0 Å². The van der Waals surface area contributed by atoms with Crippen LogP contribution in [0.3, 0.4) is 0 Å². The molecule has 0 N–H and O–H groups in total. The lowest BCUT2D eigenvalue weighted by Gasteiger charge is -2.58. The zero-order valence-corrected chi connectivity index (χ0v) is 15.3. The summed E-state index contributed by atoms with van der Waals surface area (Å²) in [5, 5.41) is 0.205. The molecule has 1 aliphatic rings. The first-order valence-electron chi connectivity index (χ1n) is 8.07. The summed E-state index contributed by atoms with van der Waals surface area (Å²) < 4.78 is 2.29. The second kappa shape index (κ2) is 5.60. The van der Waals surface area contributed by atoms with E-state index in [1.807, 2.05) is 0 Å². The van der Waals surface area contributed by atoms with Gasteiger partial charge in [-0.25, -0.2) is 0 Å². The minimum Gasteiger partial charge on any atom is -0.365 e. The minimum atomic E-state index is -1.78. The van der Waals surface area contributed by atoms with Crippen LogP contribution in [0.15, 0.2) is 30.3 Å². The van der Waals surface area contributed by atoms with E-state index in [2.05, 4.69) is 75.7 Å². The van der Waals surface area contributed by atoms with Crippen molar-refractivity contribution in [2.24, 2.45) is 5.92 Å². The second-order valence-electron chi connectivity index (χ2n) is 7.79. The molecule has 0 spiro atoms. The van der Waals surface area contributed by atoms with Crippen molar-refractivity contribution in [3.8, 4) is 0 Å². The molecule has 2 nitrogen and oxygen atoms in total. The van der Waals surface area contributed by atoms with Crippen LogP contribution in [0.4, 0.5) is 0 Å². The van der Waals surface area contributed by atoms with Gasteiger partial charge in [0.1, 0.15) is 0 Å². The van der Waals surface area contributed by atoms with Gasteiger partial charge < -0.3 is 4.57 Å². The normalized spacial score (nSPS) is 23.1. The summed E-state index contributed by atoms with van der Waals surface area (Å²) in [7, 11) is -1.78. The van der Waals surface area contributed by atoms with E-state index in [0.717, 1.165) is 12.8 Å². The summed E-state index contributed by atoms with van der Waals surface area (Å²) in [5.41, 5.74) is 1.34. The fourth-order valence-corrected chi connectivity index (χ4v) is 5.73. The number of benzene rings is 1. The van der Waals surface area contributed by atoms with Crippen molar-refractivity contribution >= 4 is 14.1 Å². The first kappa shape index (κ1) is 16.3. The van der Waals surface area contributed by atoms with E-state index in [0.29, 0.717) is 11.9 Å². The van der Waals surface area contributed by atoms with E-state index < -0.39 is 8.24 Å². The smallest absolute Gasteiger partial charge is 0.220 e.